The molecule has 1 aromatic carbocycles. The SMILES string of the molecule is C[C@@H](CN(C)C(=O)CN1CCC(c2cc(=O)n3c(n2)CCCCC3)CC1)c1ccccc1. The smallest absolute Gasteiger partial charge is 0.253 e. The van der Waals surface area contributed by atoms with Crippen molar-refractivity contribution in [3.63, 3.8) is 0 Å². The van der Waals surface area contributed by atoms with Crippen LogP contribution in [-0.4, -0.2) is 58.5 Å². The molecule has 0 bridgehead atoms. The number of amides is 1. The lowest BCUT2D eigenvalue weighted by molar-refractivity contribution is -0.131. The van der Waals surface area contributed by atoms with Crippen molar-refractivity contribution in [3.05, 3.63) is 63.8 Å². The number of likely N-dealkylation sites (tertiary alicyclic amines) is 1. The number of carbonyl (C=O) groups excluding carboxylic acids is 1. The number of piperidine rings is 1. The second-order valence-corrected chi connectivity index (χ2v) is 9.53. The van der Waals surface area contributed by atoms with E-state index in [1.807, 2.05) is 34.7 Å². The molecule has 1 saturated heterocycles. The second kappa shape index (κ2) is 10.4. The van der Waals surface area contributed by atoms with E-state index in [4.69, 9.17) is 4.98 Å². The average Bonchev–Trinajstić information content (AvgIpc) is 3.06. The average molecular weight is 437 g/mol. The largest absolute Gasteiger partial charge is 0.344 e. The summed E-state index contributed by atoms with van der Waals surface area (Å²) in [5.41, 5.74) is 2.33. The van der Waals surface area contributed by atoms with Gasteiger partial charge in [-0.15, -0.1) is 0 Å². The van der Waals surface area contributed by atoms with Crippen LogP contribution in [0.2, 0.25) is 0 Å². The fraction of sp³-hybridized carbons (Fsp3) is 0.577. The van der Waals surface area contributed by atoms with Crippen molar-refractivity contribution >= 4 is 5.91 Å². The summed E-state index contributed by atoms with van der Waals surface area (Å²) in [6.07, 6.45) is 6.17. The van der Waals surface area contributed by atoms with Gasteiger partial charge in [0.2, 0.25) is 5.91 Å². The summed E-state index contributed by atoms with van der Waals surface area (Å²) < 4.78 is 1.87. The lowest BCUT2D eigenvalue weighted by Crippen LogP contribution is -2.43. The van der Waals surface area contributed by atoms with Gasteiger partial charge < -0.3 is 4.90 Å². The number of hydrogen-bond acceptors (Lipinski definition) is 4. The molecule has 1 aromatic heterocycles. The molecule has 1 amide bonds. The highest BCUT2D eigenvalue weighted by molar-refractivity contribution is 5.78. The van der Waals surface area contributed by atoms with Gasteiger partial charge in [0.15, 0.2) is 0 Å². The van der Waals surface area contributed by atoms with Crippen LogP contribution in [0.1, 0.15) is 67.9 Å². The van der Waals surface area contributed by atoms with E-state index >= 15 is 0 Å². The zero-order chi connectivity index (χ0) is 22.5. The van der Waals surface area contributed by atoms with E-state index in [0.29, 0.717) is 18.4 Å². The van der Waals surface area contributed by atoms with Gasteiger partial charge in [0.1, 0.15) is 5.82 Å². The fourth-order valence-electron chi connectivity index (χ4n) is 5.04. The first-order chi connectivity index (χ1) is 15.5. The number of fused-ring (bicyclic) bond motifs is 1. The van der Waals surface area contributed by atoms with Crippen LogP contribution in [0.4, 0.5) is 0 Å². The molecule has 0 saturated carbocycles. The molecule has 2 aliphatic heterocycles. The maximum atomic E-state index is 12.8. The third kappa shape index (κ3) is 5.47. The Morgan fingerprint density at radius 1 is 1.12 bits per heavy atom. The van der Waals surface area contributed by atoms with Gasteiger partial charge >= 0.3 is 0 Å². The second-order valence-electron chi connectivity index (χ2n) is 9.53. The Hall–Kier alpha value is -2.47. The zero-order valence-electron chi connectivity index (χ0n) is 19.5. The molecule has 1 fully saturated rings. The lowest BCUT2D eigenvalue weighted by Gasteiger charge is -2.33. The molecule has 2 aliphatic rings. The lowest BCUT2D eigenvalue weighted by atomic mass is 9.93. The third-order valence-corrected chi connectivity index (χ3v) is 7.10. The van der Waals surface area contributed by atoms with Crippen LogP contribution in [-0.2, 0) is 17.8 Å². The molecular weight excluding hydrogens is 400 g/mol. The first-order valence-corrected chi connectivity index (χ1v) is 12.1. The van der Waals surface area contributed by atoms with Gasteiger partial charge in [-0.2, -0.15) is 0 Å². The first kappa shape index (κ1) is 22.7. The monoisotopic (exact) mass is 436 g/mol. The Balaban J connectivity index is 1.29. The van der Waals surface area contributed by atoms with Crippen molar-refractivity contribution in [2.45, 2.75) is 63.8 Å². The molecule has 2 aromatic rings. The standard InChI is InChI=1S/C26H36N4O2/c1-20(21-9-5-3-6-10-21)18-28(2)26(32)19-29-15-12-22(13-16-29)23-17-25(31)30-14-8-4-7-11-24(30)27-23/h3,5-6,9-10,17,20,22H,4,7-8,11-16,18-19H2,1-2H3/t20-/m0/s1. The quantitative estimate of drug-likeness (QED) is 0.696. The summed E-state index contributed by atoms with van der Waals surface area (Å²) in [5, 5.41) is 0. The molecule has 6 nitrogen and oxygen atoms in total. The van der Waals surface area contributed by atoms with Crippen LogP contribution in [0, 0.1) is 0 Å². The maximum absolute atomic E-state index is 12.8. The van der Waals surface area contributed by atoms with Crippen molar-refractivity contribution in [3.8, 4) is 0 Å². The molecule has 172 valence electrons. The van der Waals surface area contributed by atoms with Crippen molar-refractivity contribution < 1.29 is 4.79 Å². The maximum Gasteiger partial charge on any atom is 0.253 e. The Morgan fingerprint density at radius 2 is 1.88 bits per heavy atom. The highest BCUT2D eigenvalue weighted by Gasteiger charge is 2.25. The zero-order valence-corrected chi connectivity index (χ0v) is 19.5. The molecule has 3 heterocycles. The molecule has 6 heteroatoms. The molecule has 0 aliphatic carbocycles. The molecule has 0 unspecified atom stereocenters. The van der Waals surface area contributed by atoms with Crippen LogP contribution in [0.15, 0.2) is 41.2 Å². The predicted molar refractivity (Wildman–Crippen MR) is 127 cm³/mol. The minimum atomic E-state index is 0.110. The Bertz CT molecular complexity index is 964. The summed E-state index contributed by atoms with van der Waals surface area (Å²) in [7, 11) is 1.90. The number of aromatic nitrogens is 2. The third-order valence-electron chi connectivity index (χ3n) is 7.10. The van der Waals surface area contributed by atoms with E-state index in [-0.39, 0.29) is 11.5 Å². The first-order valence-electron chi connectivity index (χ1n) is 12.1. The van der Waals surface area contributed by atoms with Gasteiger partial charge in [-0.3, -0.25) is 19.1 Å². The summed E-state index contributed by atoms with van der Waals surface area (Å²) in [6.45, 7) is 5.91. The molecule has 0 radical (unpaired) electrons. The Morgan fingerprint density at radius 3 is 2.62 bits per heavy atom. The minimum absolute atomic E-state index is 0.110. The van der Waals surface area contributed by atoms with E-state index in [9.17, 15) is 9.59 Å². The number of carbonyl (C=O) groups is 1. The van der Waals surface area contributed by atoms with Crippen LogP contribution in [0.5, 0.6) is 0 Å². The Labute approximate surface area is 191 Å². The summed E-state index contributed by atoms with van der Waals surface area (Å²) >= 11 is 0. The highest BCUT2D eigenvalue weighted by Crippen LogP contribution is 2.27. The molecular formula is C26H36N4O2. The highest BCUT2D eigenvalue weighted by atomic mass is 16.2. The topological polar surface area (TPSA) is 58.4 Å². The number of benzene rings is 1. The number of hydrogen-bond donors (Lipinski definition) is 0. The number of rotatable bonds is 6. The van der Waals surface area contributed by atoms with Crippen LogP contribution >= 0.6 is 0 Å². The van der Waals surface area contributed by atoms with Gasteiger partial charge in [-0.05, 0) is 50.3 Å². The predicted octanol–water partition coefficient (Wildman–Crippen LogP) is 3.41. The molecule has 0 spiro atoms. The Kier molecular flexibility index (Phi) is 7.40. The number of aryl methyl sites for hydroxylation is 1. The summed E-state index contributed by atoms with van der Waals surface area (Å²) in [6, 6.07) is 12.1. The number of nitrogens with zero attached hydrogens (tertiary/aromatic N) is 4. The van der Waals surface area contributed by atoms with Gasteiger partial charge in [0.25, 0.3) is 5.56 Å². The van der Waals surface area contributed by atoms with Gasteiger partial charge in [0.05, 0.1) is 12.2 Å². The van der Waals surface area contributed by atoms with E-state index in [2.05, 4.69) is 24.0 Å². The summed E-state index contributed by atoms with van der Waals surface area (Å²) in [4.78, 5) is 34.4. The van der Waals surface area contributed by atoms with E-state index in [1.165, 1.54) is 12.0 Å². The fourth-order valence-corrected chi connectivity index (χ4v) is 5.04. The van der Waals surface area contributed by atoms with Crippen molar-refractivity contribution in [1.82, 2.24) is 19.4 Å². The molecule has 32 heavy (non-hydrogen) atoms. The number of likely N-dealkylation sites (N-methyl/N-ethyl adjacent to an activating group) is 1. The van der Waals surface area contributed by atoms with Crippen molar-refractivity contribution in [1.29, 1.82) is 0 Å². The van der Waals surface area contributed by atoms with Gasteiger partial charge in [0, 0.05) is 38.5 Å². The molecule has 4 rings (SSSR count). The summed E-state index contributed by atoms with van der Waals surface area (Å²) in [5.74, 6) is 1.78. The normalized spacial score (nSPS) is 18.6. The molecule has 1 atom stereocenters. The molecule has 0 N–H and O–H groups in total. The van der Waals surface area contributed by atoms with E-state index < -0.39 is 0 Å². The van der Waals surface area contributed by atoms with Crippen LogP contribution in [0.3, 0.4) is 0 Å². The van der Waals surface area contributed by atoms with Gasteiger partial charge in [-0.1, -0.05) is 43.7 Å². The van der Waals surface area contributed by atoms with Crippen LogP contribution in [0.25, 0.3) is 0 Å². The van der Waals surface area contributed by atoms with E-state index in [1.54, 1.807) is 6.07 Å². The van der Waals surface area contributed by atoms with Crippen LogP contribution < -0.4 is 5.56 Å². The minimum Gasteiger partial charge on any atom is -0.344 e. The van der Waals surface area contributed by atoms with Crippen molar-refractivity contribution in [2.75, 3.05) is 33.2 Å². The van der Waals surface area contributed by atoms with E-state index in [0.717, 1.165) is 69.8 Å². The van der Waals surface area contributed by atoms with Gasteiger partial charge in [-0.25, -0.2) is 4.98 Å². The van der Waals surface area contributed by atoms with Crippen molar-refractivity contribution in [2.24, 2.45) is 0 Å².